The average Bonchev–Trinajstić information content (AvgIpc) is 2.48. The van der Waals surface area contributed by atoms with Gasteiger partial charge in [-0.1, -0.05) is 12.5 Å². The van der Waals surface area contributed by atoms with Crippen LogP contribution in [-0.4, -0.2) is 47.4 Å². The summed E-state index contributed by atoms with van der Waals surface area (Å²) in [4.78, 5) is 28.0. The second kappa shape index (κ2) is 5.81. The molecule has 2 aliphatic rings. The maximum absolute atomic E-state index is 13.1. The fourth-order valence-corrected chi connectivity index (χ4v) is 3.02. The van der Waals surface area contributed by atoms with E-state index < -0.39 is 11.8 Å². The van der Waals surface area contributed by atoms with Crippen molar-refractivity contribution in [3.63, 3.8) is 0 Å². The van der Waals surface area contributed by atoms with Crippen LogP contribution >= 0.6 is 0 Å². The third kappa shape index (κ3) is 2.90. The number of amides is 3. The molecule has 0 aromatic heterocycles. The fraction of sp³-hybridized carbons (Fsp3) is 0.467. The van der Waals surface area contributed by atoms with Gasteiger partial charge in [-0.05, 0) is 37.6 Å². The van der Waals surface area contributed by atoms with Crippen LogP contribution in [0.4, 0.5) is 14.9 Å². The first kappa shape index (κ1) is 14.0. The number of carbonyl (C=O) groups is 2. The standard InChI is InChI=1S/C15H18FN3O2/c16-11-4-3-5-12(10-11)17-15(21)19-9-8-18-7-2-1-6-13(18)14(19)20/h3-5,10,13H,1-2,6-9H2,(H,17,21). The molecule has 2 saturated heterocycles. The van der Waals surface area contributed by atoms with Crippen LogP contribution in [0.15, 0.2) is 24.3 Å². The summed E-state index contributed by atoms with van der Waals surface area (Å²) >= 11 is 0. The van der Waals surface area contributed by atoms with Crippen molar-refractivity contribution in [2.24, 2.45) is 0 Å². The quantitative estimate of drug-likeness (QED) is 0.861. The Bertz CT molecular complexity index is 564. The number of rotatable bonds is 1. The predicted octanol–water partition coefficient (Wildman–Crippen LogP) is 2.05. The van der Waals surface area contributed by atoms with Crippen molar-refractivity contribution >= 4 is 17.6 Å². The molecule has 0 aliphatic carbocycles. The number of halogens is 1. The van der Waals surface area contributed by atoms with Gasteiger partial charge in [-0.25, -0.2) is 9.18 Å². The topological polar surface area (TPSA) is 52.7 Å². The molecular formula is C15H18FN3O2. The Labute approximate surface area is 122 Å². The number of anilines is 1. The van der Waals surface area contributed by atoms with Crippen LogP contribution in [0.25, 0.3) is 0 Å². The van der Waals surface area contributed by atoms with Gasteiger partial charge in [-0.2, -0.15) is 0 Å². The minimum absolute atomic E-state index is 0.144. The van der Waals surface area contributed by atoms with Crippen LogP contribution in [0.3, 0.4) is 0 Å². The number of hydrogen-bond donors (Lipinski definition) is 1. The number of piperidine rings is 1. The smallest absolute Gasteiger partial charge is 0.307 e. The molecule has 2 aliphatic heterocycles. The van der Waals surface area contributed by atoms with Crippen LogP contribution in [0.2, 0.25) is 0 Å². The molecule has 2 heterocycles. The summed E-state index contributed by atoms with van der Waals surface area (Å²) in [6.07, 6.45) is 2.94. The monoisotopic (exact) mass is 291 g/mol. The normalized spacial score (nSPS) is 22.8. The molecule has 0 radical (unpaired) electrons. The van der Waals surface area contributed by atoms with Gasteiger partial charge in [-0.3, -0.25) is 14.6 Å². The van der Waals surface area contributed by atoms with Gasteiger partial charge in [0.1, 0.15) is 5.82 Å². The van der Waals surface area contributed by atoms with Crippen molar-refractivity contribution in [2.75, 3.05) is 25.0 Å². The van der Waals surface area contributed by atoms with Crippen LogP contribution in [0.5, 0.6) is 0 Å². The van der Waals surface area contributed by atoms with Crippen molar-refractivity contribution in [2.45, 2.75) is 25.3 Å². The second-order valence-electron chi connectivity index (χ2n) is 5.48. The lowest BCUT2D eigenvalue weighted by Gasteiger charge is -2.42. The zero-order chi connectivity index (χ0) is 14.8. The minimum Gasteiger partial charge on any atom is -0.307 e. The van der Waals surface area contributed by atoms with Gasteiger partial charge in [0.2, 0.25) is 5.91 Å². The Balaban J connectivity index is 1.68. The molecule has 1 aromatic rings. The van der Waals surface area contributed by atoms with Crippen molar-refractivity contribution in [1.82, 2.24) is 9.80 Å². The molecule has 21 heavy (non-hydrogen) atoms. The van der Waals surface area contributed by atoms with E-state index in [4.69, 9.17) is 0 Å². The number of nitrogens with one attached hydrogen (secondary N) is 1. The van der Waals surface area contributed by atoms with Gasteiger partial charge in [0.25, 0.3) is 0 Å². The van der Waals surface area contributed by atoms with E-state index in [1.807, 2.05) is 0 Å². The first-order valence-electron chi connectivity index (χ1n) is 7.27. The van der Waals surface area contributed by atoms with Crippen LogP contribution in [-0.2, 0) is 4.79 Å². The van der Waals surface area contributed by atoms with E-state index in [2.05, 4.69) is 10.2 Å². The average molecular weight is 291 g/mol. The maximum Gasteiger partial charge on any atom is 0.328 e. The van der Waals surface area contributed by atoms with Gasteiger partial charge in [0.05, 0.1) is 6.04 Å². The number of urea groups is 1. The van der Waals surface area contributed by atoms with Crippen molar-refractivity contribution < 1.29 is 14.0 Å². The molecule has 1 atom stereocenters. The highest BCUT2D eigenvalue weighted by atomic mass is 19.1. The number of carbonyl (C=O) groups excluding carboxylic acids is 2. The summed E-state index contributed by atoms with van der Waals surface area (Å²) in [6.45, 7) is 2.03. The summed E-state index contributed by atoms with van der Waals surface area (Å²) in [7, 11) is 0. The maximum atomic E-state index is 13.1. The summed E-state index contributed by atoms with van der Waals surface area (Å²) in [6, 6.07) is 5.01. The zero-order valence-corrected chi connectivity index (χ0v) is 11.7. The molecule has 5 nitrogen and oxygen atoms in total. The van der Waals surface area contributed by atoms with Gasteiger partial charge < -0.3 is 5.32 Å². The number of piperazine rings is 1. The van der Waals surface area contributed by atoms with E-state index in [0.717, 1.165) is 25.8 Å². The number of imide groups is 1. The van der Waals surface area contributed by atoms with Crippen molar-refractivity contribution in [3.8, 4) is 0 Å². The van der Waals surface area contributed by atoms with Gasteiger partial charge in [-0.15, -0.1) is 0 Å². The third-order valence-corrected chi connectivity index (χ3v) is 4.10. The highest BCUT2D eigenvalue weighted by Gasteiger charge is 2.38. The zero-order valence-electron chi connectivity index (χ0n) is 11.7. The highest BCUT2D eigenvalue weighted by Crippen LogP contribution is 2.22. The molecule has 3 amide bonds. The SMILES string of the molecule is O=C(Nc1cccc(F)c1)N1CCN2CCCCC2C1=O. The first-order chi connectivity index (χ1) is 10.1. The first-order valence-corrected chi connectivity index (χ1v) is 7.27. The molecule has 0 saturated carbocycles. The second-order valence-corrected chi connectivity index (χ2v) is 5.48. The van der Waals surface area contributed by atoms with Crippen LogP contribution in [0.1, 0.15) is 19.3 Å². The lowest BCUT2D eigenvalue weighted by molar-refractivity contribution is -0.139. The summed E-state index contributed by atoms with van der Waals surface area (Å²) in [5.41, 5.74) is 0.360. The molecular weight excluding hydrogens is 273 g/mol. The van der Waals surface area contributed by atoms with E-state index in [0.29, 0.717) is 18.8 Å². The van der Waals surface area contributed by atoms with E-state index in [1.54, 1.807) is 6.07 Å². The minimum atomic E-state index is -0.476. The molecule has 2 fully saturated rings. The number of nitrogens with zero attached hydrogens (tertiary/aromatic N) is 2. The van der Waals surface area contributed by atoms with E-state index in [-0.39, 0.29) is 11.9 Å². The lowest BCUT2D eigenvalue weighted by atomic mass is 9.99. The van der Waals surface area contributed by atoms with Gasteiger partial charge >= 0.3 is 6.03 Å². The highest BCUT2D eigenvalue weighted by molar-refractivity contribution is 6.03. The molecule has 1 aromatic carbocycles. The van der Waals surface area contributed by atoms with Crippen LogP contribution in [0, 0.1) is 5.82 Å². The molecule has 0 spiro atoms. The largest absolute Gasteiger partial charge is 0.328 e. The number of benzene rings is 1. The fourth-order valence-electron chi connectivity index (χ4n) is 3.02. The summed E-state index contributed by atoms with van der Waals surface area (Å²) in [5, 5.41) is 2.59. The van der Waals surface area contributed by atoms with E-state index in [9.17, 15) is 14.0 Å². The Kier molecular flexibility index (Phi) is 3.88. The molecule has 6 heteroatoms. The van der Waals surface area contributed by atoms with Crippen molar-refractivity contribution in [1.29, 1.82) is 0 Å². The summed E-state index contributed by atoms with van der Waals surface area (Å²) in [5.74, 6) is -0.564. The number of hydrogen-bond acceptors (Lipinski definition) is 3. The molecule has 0 bridgehead atoms. The van der Waals surface area contributed by atoms with Crippen molar-refractivity contribution in [3.05, 3.63) is 30.1 Å². The van der Waals surface area contributed by atoms with Gasteiger partial charge in [0, 0.05) is 18.8 Å². The third-order valence-electron chi connectivity index (χ3n) is 4.10. The molecule has 112 valence electrons. The summed E-state index contributed by atoms with van der Waals surface area (Å²) < 4.78 is 13.1. The number of fused-ring (bicyclic) bond motifs is 1. The lowest BCUT2D eigenvalue weighted by Crippen LogP contribution is -2.60. The van der Waals surface area contributed by atoms with Crippen LogP contribution < -0.4 is 5.32 Å². The van der Waals surface area contributed by atoms with E-state index in [1.165, 1.54) is 23.1 Å². The predicted molar refractivity (Wildman–Crippen MR) is 76.3 cm³/mol. The molecule has 1 N–H and O–H groups in total. The molecule has 1 unspecified atom stereocenters. The molecule has 3 rings (SSSR count). The van der Waals surface area contributed by atoms with Gasteiger partial charge in [0.15, 0.2) is 0 Å². The Morgan fingerprint density at radius 1 is 1.24 bits per heavy atom. The Hall–Kier alpha value is -1.95. The Morgan fingerprint density at radius 2 is 2.10 bits per heavy atom. The Morgan fingerprint density at radius 3 is 2.90 bits per heavy atom. The van der Waals surface area contributed by atoms with E-state index >= 15 is 0 Å².